The second kappa shape index (κ2) is 4.37. The van der Waals surface area contributed by atoms with Crippen LogP contribution in [0.1, 0.15) is 18.5 Å². The number of anilines is 1. The quantitative estimate of drug-likeness (QED) is 0.725. The fraction of sp³-hybridized carbons (Fsp3) is 0.545. The minimum atomic E-state index is -4.48. The van der Waals surface area contributed by atoms with Crippen LogP contribution in [0.5, 0.6) is 0 Å². The van der Waals surface area contributed by atoms with E-state index in [1.807, 2.05) is 0 Å². The predicted molar refractivity (Wildman–Crippen MR) is 55.6 cm³/mol. The number of pyridine rings is 1. The summed E-state index contributed by atoms with van der Waals surface area (Å²) in [6.45, 7) is 0.250. The summed E-state index contributed by atoms with van der Waals surface area (Å²) in [5.74, 6) is -2.67. The Morgan fingerprint density at radius 1 is 1.11 bits per heavy atom. The molecule has 0 atom stereocenters. The lowest BCUT2D eigenvalue weighted by Crippen LogP contribution is -2.39. The van der Waals surface area contributed by atoms with Crippen molar-refractivity contribution in [3.63, 3.8) is 0 Å². The molecule has 2 heterocycles. The van der Waals surface area contributed by atoms with Crippen LogP contribution in [-0.2, 0) is 6.18 Å². The second-order valence-corrected chi connectivity index (χ2v) is 4.24. The van der Waals surface area contributed by atoms with Crippen molar-refractivity contribution in [1.29, 1.82) is 0 Å². The normalized spacial score (nSPS) is 19.9. The van der Waals surface area contributed by atoms with Gasteiger partial charge in [0, 0.05) is 25.9 Å². The molecule has 7 heteroatoms. The zero-order valence-corrected chi connectivity index (χ0v) is 9.34. The summed E-state index contributed by atoms with van der Waals surface area (Å²) in [6.07, 6.45) is -3.97. The minimum absolute atomic E-state index is 0.125. The minimum Gasteiger partial charge on any atom is -0.370 e. The van der Waals surface area contributed by atoms with Crippen LogP contribution in [0.3, 0.4) is 0 Å². The van der Waals surface area contributed by atoms with Gasteiger partial charge in [0.1, 0.15) is 5.69 Å². The fourth-order valence-electron chi connectivity index (χ4n) is 1.83. The maximum atomic E-state index is 12.9. The summed E-state index contributed by atoms with van der Waals surface area (Å²) in [7, 11) is 0. The number of aromatic nitrogens is 1. The van der Waals surface area contributed by atoms with Gasteiger partial charge in [0.05, 0.1) is 11.9 Å². The topological polar surface area (TPSA) is 16.1 Å². The molecule has 0 aromatic carbocycles. The number of alkyl halides is 5. The molecular weight excluding hydrogens is 255 g/mol. The molecule has 2 rings (SSSR count). The molecule has 1 aliphatic heterocycles. The molecular formula is C11H11F5N2. The van der Waals surface area contributed by atoms with Gasteiger partial charge in [-0.1, -0.05) is 0 Å². The van der Waals surface area contributed by atoms with Crippen LogP contribution < -0.4 is 4.90 Å². The van der Waals surface area contributed by atoms with Crippen LogP contribution in [0.4, 0.5) is 27.6 Å². The number of rotatable bonds is 1. The van der Waals surface area contributed by atoms with Crippen molar-refractivity contribution in [1.82, 2.24) is 4.98 Å². The van der Waals surface area contributed by atoms with Crippen molar-refractivity contribution >= 4 is 5.69 Å². The van der Waals surface area contributed by atoms with E-state index < -0.39 is 17.8 Å². The molecule has 0 aliphatic carbocycles. The van der Waals surface area contributed by atoms with E-state index in [4.69, 9.17) is 0 Å². The van der Waals surface area contributed by atoms with Gasteiger partial charge in [0.15, 0.2) is 0 Å². The molecule has 0 amide bonds. The van der Waals surface area contributed by atoms with Crippen molar-refractivity contribution < 1.29 is 22.0 Å². The third-order valence-corrected chi connectivity index (χ3v) is 2.90. The molecule has 0 spiro atoms. The molecule has 0 saturated carbocycles. The molecule has 2 nitrogen and oxygen atoms in total. The molecule has 100 valence electrons. The zero-order chi connectivity index (χ0) is 13.4. The van der Waals surface area contributed by atoms with E-state index in [0.717, 1.165) is 12.3 Å². The van der Waals surface area contributed by atoms with Gasteiger partial charge in [0.2, 0.25) is 0 Å². The Hall–Kier alpha value is -1.40. The molecule has 1 aliphatic rings. The highest BCUT2D eigenvalue weighted by Gasteiger charge is 2.35. The maximum Gasteiger partial charge on any atom is 0.433 e. The van der Waals surface area contributed by atoms with Gasteiger partial charge in [-0.05, 0) is 12.1 Å². The van der Waals surface area contributed by atoms with Gasteiger partial charge in [-0.15, -0.1) is 0 Å². The highest BCUT2D eigenvalue weighted by Crippen LogP contribution is 2.32. The molecule has 1 saturated heterocycles. The first-order valence-corrected chi connectivity index (χ1v) is 5.44. The van der Waals surface area contributed by atoms with E-state index in [9.17, 15) is 22.0 Å². The summed E-state index contributed by atoms with van der Waals surface area (Å²) < 4.78 is 62.7. The van der Waals surface area contributed by atoms with Crippen molar-refractivity contribution in [3.8, 4) is 0 Å². The highest BCUT2D eigenvalue weighted by atomic mass is 19.4. The summed E-state index contributed by atoms with van der Waals surface area (Å²) in [4.78, 5) is 4.92. The third-order valence-electron chi connectivity index (χ3n) is 2.90. The molecule has 18 heavy (non-hydrogen) atoms. The van der Waals surface area contributed by atoms with Crippen LogP contribution in [0.15, 0.2) is 18.3 Å². The highest BCUT2D eigenvalue weighted by molar-refractivity contribution is 5.45. The van der Waals surface area contributed by atoms with E-state index >= 15 is 0 Å². The first kappa shape index (κ1) is 13.0. The van der Waals surface area contributed by atoms with Crippen molar-refractivity contribution in [2.75, 3.05) is 18.0 Å². The van der Waals surface area contributed by atoms with Gasteiger partial charge in [-0.25, -0.2) is 13.8 Å². The summed E-state index contributed by atoms with van der Waals surface area (Å²) in [5, 5.41) is 0. The van der Waals surface area contributed by atoms with E-state index in [1.54, 1.807) is 4.90 Å². The van der Waals surface area contributed by atoms with Crippen molar-refractivity contribution in [3.05, 3.63) is 24.0 Å². The van der Waals surface area contributed by atoms with Crippen molar-refractivity contribution in [2.24, 2.45) is 0 Å². The van der Waals surface area contributed by atoms with Crippen molar-refractivity contribution in [2.45, 2.75) is 24.9 Å². The molecule has 1 aromatic heterocycles. The van der Waals surface area contributed by atoms with Gasteiger partial charge in [-0.3, -0.25) is 0 Å². The van der Waals surface area contributed by atoms with E-state index in [-0.39, 0.29) is 25.9 Å². The molecule has 0 bridgehead atoms. The summed E-state index contributed by atoms with van der Waals surface area (Å²) in [5.41, 5.74) is -0.535. The lowest BCUT2D eigenvalue weighted by atomic mass is 10.1. The lowest BCUT2D eigenvalue weighted by Gasteiger charge is -2.33. The number of piperidine rings is 1. The average molecular weight is 266 g/mol. The third kappa shape index (κ3) is 2.88. The van der Waals surface area contributed by atoms with Crippen LogP contribution in [0.2, 0.25) is 0 Å². The summed E-state index contributed by atoms with van der Waals surface area (Å²) >= 11 is 0. The number of nitrogens with zero attached hydrogens (tertiary/aromatic N) is 2. The van der Waals surface area contributed by atoms with Crippen LogP contribution in [0.25, 0.3) is 0 Å². The Kier molecular flexibility index (Phi) is 3.16. The molecule has 1 fully saturated rings. The fourth-order valence-corrected chi connectivity index (χ4v) is 1.83. The van der Waals surface area contributed by atoms with Gasteiger partial charge < -0.3 is 4.90 Å². The second-order valence-electron chi connectivity index (χ2n) is 4.24. The number of halogens is 5. The first-order chi connectivity index (χ1) is 8.28. The zero-order valence-electron chi connectivity index (χ0n) is 9.34. The first-order valence-electron chi connectivity index (χ1n) is 5.44. The summed E-state index contributed by atoms with van der Waals surface area (Å²) in [6, 6.07) is 2.13. The van der Waals surface area contributed by atoms with Gasteiger partial charge in [-0.2, -0.15) is 13.2 Å². The Morgan fingerprint density at radius 2 is 1.72 bits per heavy atom. The molecule has 0 unspecified atom stereocenters. The molecule has 0 N–H and O–H groups in total. The van der Waals surface area contributed by atoms with E-state index in [1.165, 1.54) is 6.07 Å². The van der Waals surface area contributed by atoms with E-state index in [0.29, 0.717) is 5.69 Å². The Labute approximate surface area is 100 Å². The monoisotopic (exact) mass is 266 g/mol. The van der Waals surface area contributed by atoms with Crippen LogP contribution in [-0.4, -0.2) is 24.0 Å². The largest absolute Gasteiger partial charge is 0.433 e. The SMILES string of the molecule is FC1(F)CCN(c2ccc(C(F)(F)F)nc2)CC1. The van der Waals surface area contributed by atoms with Gasteiger partial charge >= 0.3 is 6.18 Å². The number of hydrogen-bond acceptors (Lipinski definition) is 2. The standard InChI is InChI=1S/C11H11F5N2/c12-10(13)3-5-18(6-4-10)8-1-2-9(17-7-8)11(14,15)16/h1-2,7H,3-6H2. The molecule has 0 radical (unpaired) electrons. The van der Waals surface area contributed by atoms with Gasteiger partial charge in [0.25, 0.3) is 5.92 Å². The lowest BCUT2D eigenvalue weighted by molar-refractivity contribution is -0.141. The smallest absolute Gasteiger partial charge is 0.370 e. The Bertz CT molecular complexity index is 402. The number of hydrogen-bond donors (Lipinski definition) is 0. The van der Waals surface area contributed by atoms with Crippen LogP contribution in [0, 0.1) is 0 Å². The molecule has 1 aromatic rings. The Balaban J connectivity index is 2.07. The maximum absolute atomic E-state index is 12.9. The van der Waals surface area contributed by atoms with E-state index in [2.05, 4.69) is 4.98 Å². The van der Waals surface area contributed by atoms with Crippen LogP contribution >= 0.6 is 0 Å². The average Bonchev–Trinajstić information content (AvgIpc) is 2.28. The Morgan fingerprint density at radius 3 is 2.17 bits per heavy atom. The predicted octanol–water partition coefficient (Wildman–Crippen LogP) is 3.34.